The predicted octanol–water partition coefficient (Wildman–Crippen LogP) is -0.475. The molecule has 1 rings (SSSR count). The summed E-state index contributed by atoms with van der Waals surface area (Å²) in [6.07, 6.45) is 0. The van der Waals surface area contributed by atoms with Crippen LogP contribution in [0.3, 0.4) is 0 Å². The van der Waals surface area contributed by atoms with Gasteiger partial charge >= 0.3 is 12.0 Å². The van der Waals surface area contributed by atoms with Gasteiger partial charge in [-0.2, -0.15) is 4.99 Å². The standard InChI is InChI=1S/C5H3BrN2O4/c6-1-2(4(10)11)7-5(12)8-3(1)9/h1H,(H,10,11)(H,8,9,12). The number of carbonyl (C=O) groups excluding carboxylic acids is 2. The number of alkyl halides is 1. The number of aliphatic imine (C=N–C) groups is 1. The minimum atomic E-state index is -1.39. The maximum absolute atomic E-state index is 10.8. The number of rotatable bonds is 1. The van der Waals surface area contributed by atoms with E-state index in [-0.39, 0.29) is 0 Å². The fourth-order valence-corrected chi connectivity index (χ4v) is 1.06. The van der Waals surface area contributed by atoms with E-state index in [0.717, 1.165) is 0 Å². The highest BCUT2D eigenvalue weighted by atomic mass is 79.9. The number of carboxylic acids is 1. The van der Waals surface area contributed by atoms with Crippen molar-refractivity contribution in [2.75, 3.05) is 0 Å². The van der Waals surface area contributed by atoms with Gasteiger partial charge in [0.05, 0.1) is 0 Å². The van der Waals surface area contributed by atoms with Gasteiger partial charge in [0.15, 0.2) is 5.71 Å². The molecule has 1 unspecified atom stereocenters. The van der Waals surface area contributed by atoms with E-state index in [9.17, 15) is 14.4 Å². The highest BCUT2D eigenvalue weighted by molar-refractivity contribution is 9.10. The van der Waals surface area contributed by atoms with Gasteiger partial charge < -0.3 is 5.11 Å². The smallest absolute Gasteiger partial charge is 0.352 e. The largest absolute Gasteiger partial charge is 0.477 e. The Morgan fingerprint density at radius 1 is 1.58 bits per heavy atom. The van der Waals surface area contributed by atoms with Gasteiger partial charge in [0.25, 0.3) is 0 Å². The molecule has 0 aliphatic carbocycles. The molecule has 0 aromatic heterocycles. The first-order valence-electron chi connectivity index (χ1n) is 2.83. The van der Waals surface area contributed by atoms with Gasteiger partial charge in [-0.05, 0) is 0 Å². The molecular formula is C5H3BrN2O4. The Labute approximate surface area is 74.8 Å². The minimum absolute atomic E-state index is 0.497. The molecule has 0 aromatic rings. The van der Waals surface area contributed by atoms with Crippen LogP contribution in [0.5, 0.6) is 0 Å². The van der Waals surface area contributed by atoms with Gasteiger partial charge in [0.2, 0.25) is 5.91 Å². The first-order valence-corrected chi connectivity index (χ1v) is 3.74. The maximum Gasteiger partial charge on any atom is 0.352 e. The summed E-state index contributed by atoms with van der Waals surface area (Å²) in [4.78, 5) is 33.7. The highest BCUT2D eigenvalue weighted by Crippen LogP contribution is 2.07. The van der Waals surface area contributed by atoms with E-state index in [0.29, 0.717) is 0 Å². The molecule has 0 radical (unpaired) electrons. The van der Waals surface area contributed by atoms with Gasteiger partial charge in [0, 0.05) is 0 Å². The van der Waals surface area contributed by atoms with Crippen molar-refractivity contribution in [3.8, 4) is 0 Å². The topological polar surface area (TPSA) is 95.8 Å². The van der Waals surface area contributed by atoms with E-state index >= 15 is 0 Å². The number of hydrogen-bond acceptors (Lipinski definition) is 3. The zero-order valence-corrected chi connectivity index (χ0v) is 7.16. The first-order chi connectivity index (χ1) is 5.52. The number of nitrogens with one attached hydrogen (secondary N) is 1. The molecule has 3 amide bonds. The number of aliphatic carboxylic acids is 1. The van der Waals surface area contributed by atoms with E-state index in [1.165, 1.54) is 0 Å². The Kier molecular flexibility index (Phi) is 2.22. The molecular weight excluding hydrogens is 232 g/mol. The van der Waals surface area contributed by atoms with Crippen LogP contribution in [-0.4, -0.2) is 33.6 Å². The summed E-state index contributed by atoms with van der Waals surface area (Å²) in [5.74, 6) is -2.10. The molecule has 6 nitrogen and oxygen atoms in total. The third-order valence-electron chi connectivity index (χ3n) is 1.14. The number of imide groups is 1. The molecule has 0 saturated carbocycles. The maximum atomic E-state index is 10.8. The Morgan fingerprint density at radius 2 is 2.17 bits per heavy atom. The molecule has 64 valence electrons. The van der Waals surface area contributed by atoms with Gasteiger partial charge in [-0.1, -0.05) is 15.9 Å². The summed E-state index contributed by atoms with van der Waals surface area (Å²) in [5.41, 5.74) is -0.497. The molecule has 1 aliphatic rings. The van der Waals surface area contributed by atoms with Crippen molar-refractivity contribution in [2.24, 2.45) is 4.99 Å². The van der Waals surface area contributed by atoms with Crippen LogP contribution in [0.4, 0.5) is 4.79 Å². The first kappa shape index (κ1) is 8.85. The molecule has 12 heavy (non-hydrogen) atoms. The van der Waals surface area contributed by atoms with Crippen LogP contribution < -0.4 is 5.32 Å². The van der Waals surface area contributed by atoms with Gasteiger partial charge in [-0.15, -0.1) is 0 Å². The van der Waals surface area contributed by atoms with Crippen molar-refractivity contribution in [1.82, 2.24) is 5.32 Å². The lowest BCUT2D eigenvalue weighted by Gasteiger charge is -2.12. The second-order valence-electron chi connectivity index (χ2n) is 1.96. The molecule has 0 fully saturated rings. The monoisotopic (exact) mass is 234 g/mol. The van der Waals surface area contributed by atoms with E-state index in [4.69, 9.17) is 5.11 Å². The van der Waals surface area contributed by atoms with Crippen LogP contribution in [0.15, 0.2) is 4.99 Å². The third-order valence-corrected chi connectivity index (χ3v) is 1.99. The molecule has 2 N–H and O–H groups in total. The Hall–Kier alpha value is -1.24. The fourth-order valence-electron chi connectivity index (χ4n) is 0.643. The average molecular weight is 235 g/mol. The van der Waals surface area contributed by atoms with E-state index in [1.54, 1.807) is 0 Å². The Balaban J connectivity index is 3.04. The van der Waals surface area contributed by atoms with E-state index in [2.05, 4.69) is 20.9 Å². The second-order valence-corrected chi connectivity index (χ2v) is 2.87. The van der Waals surface area contributed by atoms with Crippen molar-refractivity contribution >= 4 is 39.5 Å². The summed E-state index contributed by atoms with van der Waals surface area (Å²) in [6.45, 7) is 0. The number of nitrogens with zero attached hydrogens (tertiary/aromatic N) is 1. The van der Waals surface area contributed by atoms with Crippen molar-refractivity contribution in [3.05, 3.63) is 0 Å². The van der Waals surface area contributed by atoms with Crippen molar-refractivity contribution in [3.63, 3.8) is 0 Å². The Bertz CT molecular complexity index is 298. The fraction of sp³-hybridized carbons (Fsp3) is 0.200. The van der Waals surface area contributed by atoms with Gasteiger partial charge in [-0.25, -0.2) is 9.59 Å². The highest BCUT2D eigenvalue weighted by Gasteiger charge is 2.32. The molecule has 0 aromatic carbocycles. The molecule has 1 aliphatic heterocycles. The zero-order valence-electron chi connectivity index (χ0n) is 5.57. The van der Waals surface area contributed by atoms with E-state index in [1.807, 2.05) is 5.32 Å². The molecule has 1 atom stereocenters. The number of hydrogen-bond donors (Lipinski definition) is 2. The quantitative estimate of drug-likeness (QED) is 0.600. The molecule has 1 heterocycles. The van der Waals surface area contributed by atoms with Crippen LogP contribution in [0, 0.1) is 0 Å². The number of amides is 3. The molecule has 0 saturated heterocycles. The predicted molar refractivity (Wildman–Crippen MR) is 41.3 cm³/mol. The van der Waals surface area contributed by atoms with Crippen LogP contribution in [0.25, 0.3) is 0 Å². The second kappa shape index (κ2) is 3.02. The summed E-state index contributed by atoms with van der Waals surface area (Å²) < 4.78 is 0. The minimum Gasteiger partial charge on any atom is -0.477 e. The average Bonchev–Trinajstić information content (AvgIpc) is 1.96. The Morgan fingerprint density at radius 3 is 2.67 bits per heavy atom. The lowest BCUT2D eigenvalue weighted by atomic mass is 10.2. The lowest BCUT2D eigenvalue weighted by Crippen LogP contribution is -2.46. The summed E-state index contributed by atoms with van der Waals surface area (Å²) in [5, 5.41) is 10.3. The normalized spacial score (nSPS) is 23.1. The summed E-state index contributed by atoms with van der Waals surface area (Å²) in [7, 11) is 0. The van der Waals surface area contributed by atoms with Crippen LogP contribution in [-0.2, 0) is 9.59 Å². The number of urea groups is 1. The van der Waals surface area contributed by atoms with Crippen LogP contribution in [0.2, 0.25) is 0 Å². The SMILES string of the molecule is O=C1N=C(C(=O)O)C(Br)C(=O)N1. The van der Waals surface area contributed by atoms with Crippen LogP contribution >= 0.6 is 15.9 Å². The van der Waals surface area contributed by atoms with Crippen molar-refractivity contribution in [1.29, 1.82) is 0 Å². The van der Waals surface area contributed by atoms with Crippen LogP contribution in [0.1, 0.15) is 0 Å². The zero-order chi connectivity index (χ0) is 9.30. The third kappa shape index (κ3) is 1.50. The molecule has 7 heteroatoms. The van der Waals surface area contributed by atoms with Gasteiger partial charge in [0.1, 0.15) is 4.83 Å². The molecule has 0 spiro atoms. The number of carbonyl (C=O) groups is 3. The lowest BCUT2D eigenvalue weighted by molar-refractivity contribution is -0.130. The van der Waals surface area contributed by atoms with E-state index < -0.39 is 28.4 Å². The van der Waals surface area contributed by atoms with Gasteiger partial charge in [-0.3, -0.25) is 10.1 Å². The van der Waals surface area contributed by atoms with Crippen molar-refractivity contribution < 1.29 is 19.5 Å². The summed E-state index contributed by atoms with van der Waals surface area (Å²) in [6, 6.07) is -0.951. The molecule has 0 bridgehead atoms. The number of carboxylic acid groups (broad SMARTS) is 1. The van der Waals surface area contributed by atoms with Crippen molar-refractivity contribution in [2.45, 2.75) is 4.83 Å². The summed E-state index contributed by atoms with van der Waals surface area (Å²) >= 11 is 2.77. The number of halogens is 1.